The molecule has 1 aromatic rings. The quantitative estimate of drug-likeness (QED) is 0.830. The molecule has 4 heteroatoms. The van der Waals surface area contributed by atoms with Gasteiger partial charge in [-0.25, -0.2) is 4.39 Å². The van der Waals surface area contributed by atoms with Crippen LogP contribution in [0.25, 0.3) is 0 Å². The molecule has 0 fully saturated rings. The lowest BCUT2D eigenvalue weighted by Gasteiger charge is -2.19. The van der Waals surface area contributed by atoms with Crippen LogP contribution in [0.5, 0.6) is 0 Å². The van der Waals surface area contributed by atoms with Crippen molar-refractivity contribution in [3.8, 4) is 0 Å². The molecule has 0 spiro atoms. The number of carbonyl (C=O) groups excluding carboxylic acids is 1. The van der Waals surface area contributed by atoms with Crippen LogP contribution in [0.2, 0.25) is 0 Å². The molecule has 0 radical (unpaired) electrons. The molecule has 1 rings (SSSR count). The summed E-state index contributed by atoms with van der Waals surface area (Å²) in [6, 6.07) is 4.66. The van der Waals surface area contributed by atoms with Gasteiger partial charge in [-0.2, -0.15) is 0 Å². The van der Waals surface area contributed by atoms with Crippen molar-refractivity contribution < 1.29 is 9.18 Å². The molecule has 1 amide bonds. The molecule has 0 aliphatic carbocycles. The number of rotatable bonds is 6. The van der Waals surface area contributed by atoms with Crippen LogP contribution in [-0.2, 0) is 4.79 Å². The fourth-order valence-electron chi connectivity index (χ4n) is 1.87. The van der Waals surface area contributed by atoms with Crippen molar-refractivity contribution in [1.29, 1.82) is 0 Å². The molecule has 3 nitrogen and oxygen atoms in total. The number of carbonyl (C=O) groups is 1. The van der Waals surface area contributed by atoms with E-state index in [1.165, 1.54) is 6.07 Å². The summed E-state index contributed by atoms with van der Waals surface area (Å²) >= 11 is 0. The molecular weight excluding hydrogens is 243 g/mol. The largest absolute Gasteiger partial charge is 0.374 e. The maximum absolute atomic E-state index is 13.4. The first kappa shape index (κ1) is 15.5. The summed E-state index contributed by atoms with van der Waals surface area (Å²) in [4.78, 5) is 11.9. The van der Waals surface area contributed by atoms with Gasteiger partial charge in [0.15, 0.2) is 0 Å². The number of anilines is 1. The molecule has 0 aromatic heterocycles. The molecule has 0 saturated carbocycles. The minimum absolute atomic E-state index is 0.0677. The van der Waals surface area contributed by atoms with Crippen LogP contribution >= 0.6 is 0 Å². The predicted octanol–water partition coefficient (Wildman–Crippen LogP) is 3.24. The Hall–Kier alpha value is -1.58. The highest BCUT2D eigenvalue weighted by atomic mass is 19.1. The first-order chi connectivity index (χ1) is 8.93. The Bertz CT molecular complexity index is 434. The fourth-order valence-corrected chi connectivity index (χ4v) is 1.87. The van der Waals surface area contributed by atoms with E-state index in [-0.39, 0.29) is 23.8 Å². The van der Waals surface area contributed by atoms with Gasteiger partial charge in [0.05, 0.1) is 0 Å². The van der Waals surface area contributed by atoms with Crippen LogP contribution in [0.1, 0.15) is 39.2 Å². The molecule has 0 saturated heterocycles. The Kier molecular flexibility index (Phi) is 5.80. The van der Waals surface area contributed by atoms with Crippen molar-refractivity contribution in [2.75, 3.05) is 5.32 Å². The van der Waals surface area contributed by atoms with Crippen molar-refractivity contribution in [2.24, 2.45) is 0 Å². The standard InChI is InChI=1S/C15H23FN2O/c1-5-6-11(3)17-15(19)12(4)18-13-8-7-10(2)14(16)9-13/h7-9,11-12,18H,5-6H2,1-4H3,(H,17,19). The van der Waals surface area contributed by atoms with E-state index >= 15 is 0 Å². The second kappa shape index (κ2) is 7.12. The number of halogens is 1. The molecule has 2 atom stereocenters. The first-order valence-electron chi connectivity index (χ1n) is 6.77. The number of aryl methyl sites for hydroxylation is 1. The van der Waals surface area contributed by atoms with Gasteiger partial charge >= 0.3 is 0 Å². The molecule has 106 valence electrons. The molecular formula is C15H23FN2O. The SMILES string of the molecule is CCCC(C)NC(=O)C(C)Nc1ccc(C)c(F)c1. The van der Waals surface area contributed by atoms with Gasteiger partial charge in [-0.1, -0.05) is 19.4 Å². The first-order valence-corrected chi connectivity index (χ1v) is 6.77. The Morgan fingerprint density at radius 1 is 1.37 bits per heavy atom. The number of benzene rings is 1. The third-order valence-electron chi connectivity index (χ3n) is 3.06. The van der Waals surface area contributed by atoms with Gasteiger partial charge in [0.25, 0.3) is 0 Å². The second-order valence-corrected chi connectivity index (χ2v) is 5.03. The summed E-state index contributed by atoms with van der Waals surface area (Å²) < 4.78 is 13.4. The van der Waals surface area contributed by atoms with Crippen molar-refractivity contribution in [1.82, 2.24) is 5.32 Å². The highest BCUT2D eigenvalue weighted by Crippen LogP contribution is 2.14. The lowest BCUT2D eigenvalue weighted by atomic mass is 10.1. The summed E-state index contributed by atoms with van der Waals surface area (Å²) in [6.07, 6.45) is 1.99. The zero-order valence-electron chi connectivity index (χ0n) is 12.1. The smallest absolute Gasteiger partial charge is 0.242 e. The molecule has 0 aliphatic heterocycles. The van der Waals surface area contributed by atoms with E-state index in [1.807, 2.05) is 6.92 Å². The fraction of sp³-hybridized carbons (Fsp3) is 0.533. The van der Waals surface area contributed by atoms with E-state index in [0.717, 1.165) is 12.8 Å². The van der Waals surface area contributed by atoms with Crippen LogP contribution in [0.3, 0.4) is 0 Å². The second-order valence-electron chi connectivity index (χ2n) is 5.03. The summed E-state index contributed by atoms with van der Waals surface area (Å²) in [6.45, 7) is 7.55. The molecule has 2 N–H and O–H groups in total. The summed E-state index contributed by atoms with van der Waals surface area (Å²) in [5.41, 5.74) is 1.22. The predicted molar refractivity (Wildman–Crippen MR) is 76.7 cm³/mol. The van der Waals surface area contributed by atoms with Crippen LogP contribution in [0.15, 0.2) is 18.2 Å². The van der Waals surface area contributed by atoms with Crippen molar-refractivity contribution in [3.63, 3.8) is 0 Å². The van der Waals surface area contributed by atoms with Gasteiger partial charge in [-0.3, -0.25) is 4.79 Å². The number of hydrogen-bond acceptors (Lipinski definition) is 2. The minimum Gasteiger partial charge on any atom is -0.374 e. The van der Waals surface area contributed by atoms with Crippen LogP contribution in [-0.4, -0.2) is 18.0 Å². The maximum atomic E-state index is 13.4. The zero-order valence-corrected chi connectivity index (χ0v) is 12.1. The van der Waals surface area contributed by atoms with E-state index in [4.69, 9.17) is 0 Å². The highest BCUT2D eigenvalue weighted by molar-refractivity contribution is 5.84. The highest BCUT2D eigenvalue weighted by Gasteiger charge is 2.14. The van der Waals surface area contributed by atoms with Crippen LogP contribution in [0.4, 0.5) is 10.1 Å². The van der Waals surface area contributed by atoms with Gasteiger partial charge < -0.3 is 10.6 Å². The lowest BCUT2D eigenvalue weighted by Crippen LogP contribution is -2.42. The van der Waals surface area contributed by atoms with Gasteiger partial charge in [-0.15, -0.1) is 0 Å². The number of amides is 1. The van der Waals surface area contributed by atoms with E-state index in [1.54, 1.807) is 26.0 Å². The monoisotopic (exact) mass is 266 g/mol. The van der Waals surface area contributed by atoms with Crippen molar-refractivity contribution >= 4 is 11.6 Å². The van der Waals surface area contributed by atoms with E-state index < -0.39 is 0 Å². The average Bonchev–Trinajstić information content (AvgIpc) is 2.34. The summed E-state index contributed by atoms with van der Waals surface area (Å²) in [5.74, 6) is -0.334. The topological polar surface area (TPSA) is 41.1 Å². The maximum Gasteiger partial charge on any atom is 0.242 e. The molecule has 0 bridgehead atoms. The van der Waals surface area contributed by atoms with Crippen LogP contribution < -0.4 is 10.6 Å². The molecule has 2 unspecified atom stereocenters. The van der Waals surface area contributed by atoms with Crippen molar-refractivity contribution in [3.05, 3.63) is 29.6 Å². The lowest BCUT2D eigenvalue weighted by molar-refractivity contribution is -0.122. The molecule has 0 aliphatic rings. The van der Waals surface area contributed by atoms with Gasteiger partial charge in [0.1, 0.15) is 11.9 Å². The Morgan fingerprint density at radius 2 is 2.05 bits per heavy atom. The molecule has 19 heavy (non-hydrogen) atoms. The average molecular weight is 266 g/mol. The molecule has 1 aromatic carbocycles. The summed E-state index contributed by atoms with van der Waals surface area (Å²) in [5, 5.41) is 5.94. The third-order valence-corrected chi connectivity index (χ3v) is 3.06. The number of nitrogens with one attached hydrogen (secondary N) is 2. The van der Waals surface area contributed by atoms with E-state index in [0.29, 0.717) is 11.3 Å². The zero-order chi connectivity index (χ0) is 14.4. The van der Waals surface area contributed by atoms with Crippen LogP contribution in [0, 0.1) is 12.7 Å². The summed E-state index contributed by atoms with van der Waals surface area (Å²) in [7, 11) is 0. The Labute approximate surface area is 114 Å². The minimum atomic E-state index is -0.388. The van der Waals surface area contributed by atoms with E-state index in [9.17, 15) is 9.18 Å². The Morgan fingerprint density at radius 3 is 2.63 bits per heavy atom. The number of hydrogen-bond donors (Lipinski definition) is 2. The van der Waals surface area contributed by atoms with Gasteiger partial charge in [0, 0.05) is 11.7 Å². The van der Waals surface area contributed by atoms with Crippen molar-refractivity contribution in [2.45, 2.75) is 52.6 Å². The van der Waals surface area contributed by atoms with Gasteiger partial charge in [-0.05, 0) is 44.9 Å². The normalized spacial score (nSPS) is 13.7. The van der Waals surface area contributed by atoms with Gasteiger partial charge in [0.2, 0.25) is 5.91 Å². The van der Waals surface area contributed by atoms with E-state index in [2.05, 4.69) is 17.6 Å². The third kappa shape index (κ3) is 4.89. The molecule has 0 heterocycles. The Balaban J connectivity index is 2.56.